The van der Waals surface area contributed by atoms with Gasteiger partial charge < -0.3 is 40.3 Å². The van der Waals surface area contributed by atoms with Crippen molar-refractivity contribution in [1.29, 1.82) is 0 Å². The van der Waals surface area contributed by atoms with Gasteiger partial charge in [-0.15, -0.1) is 0 Å². The molecule has 0 radical (unpaired) electrons. The molecule has 1 aromatic carbocycles. The Morgan fingerprint density at radius 2 is 1.87 bits per heavy atom. The molecule has 1 fully saturated rings. The lowest BCUT2D eigenvalue weighted by Crippen LogP contribution is -2.43. The van der Waals surface area contributed by atoms with Gasteiger partial charge in [0.25, 0.3) is 5.91 Å². The highest BCUT2D eigenvalue weighted by molar-refractivity contribution is 6.32. The van der Waals surface area contributed by atoms with E-state index in [1.54, 1.807) is 41.6 Å². The maximum atomic E-state index is 13.2. The molecule has 4 rings (SSSR count). The Morgan fingerprint density at radius 3 is 2.54 bits per heavy atom. The van der Waals surface area contributed by atoms with Gasteiger partial charge in [0, 0.05) is 31.7 Å². The Balaban J connectivity index is 1.50. The van der Waals surface area contributed by atoms with E-state index >= 15 is 0 Å². The Labute approximate surface area is 267 Å². The molecule has 17 heteroatoms. The molecule has 2 atom stereocenters. The fourth-order valence-electron chi connectivity index (χ4n) is 4.71. The largest absolute Gasteiger partial charge is 0.495 e. The van der Waals surface area contributed by atoms with Crippen LogP contribution in [0.5, 0.6) is 5.75 Å². The van der Waals surface area contributed by atoms with E-state index in [4.69, 9.17) is 26.2 Å². The van der Waals surface area contributed by atoms with E-state index in [0.717, 1.165) is 5.56 Å². The molecular formula is C29H32ClN7O9. The van der Waals surface area contributed by atoms with E-state index in [1.165, 1.54) is 13.3 Å². The maximum absolute atomic E-state index is 13.2. The van der Waals surface area contributed by atoms with Gasteiger partial charge in [0.2, 0.25) is 5.95 Å². The van der Waals surface area contributed by atoms with Gasteiger partial charge in [-0.1, -0.05) is 17.7 Å². The lowest BCUT2D eigenvalue weighted by atomic mass is 9.96. The molecule has 0 bridgehead atoms. The number of ether oxygens (including phenoxy) is 2. The van der Waals surface area contributed by atoms with Crippen LogP contribution < -0.4 is 20.3 Å². The van der Waals surface area contributed by atoms with Crippen LogP contribution in [0, 0.1) is 0 Å². The van der Waals surface area contributed by atoms with Crippen molar-refractivity contribution in [2.75, 3.05) is 30.5 Å². The minimum atomic E-state index is -2.81. The topological polar surface area (TPSA) is 226 Å². The maximum Gasteiger partial charge on any atom is 0.336 e. The number of nitrogens with zero attached hydrogens (tertiary/aromatic N) is 5. The number of anilines is 2. The smallest absolute Gasteiger partial charge is 0.336 e. The average Bonchev–Trinajstić information content (AvgIpc) is 3.50. The zero-order valence-electron chi connectivity index (χ0n) is 24.7. The number of carboxylic acid groups (broad SMARTS) is 2. The number of carboxylic acids is 2. The number of halogens is 1. The summed E-state index contributed by atoms with van der Waals surface area (Å²) in [7, 11) is 1.51. The zero-order chi connectivity index (χ0) is 33.3. The minimum absolute atomic E-state index is 0.0674. The molecule has 0 saturated carbocycles. The number of carbonyl (C=O) groups is 4. The molecule has 3 aromatic rings. The van der Waals surface area contributed by atoms with Crippen molar-refractivity contribution in [3.05, 3.63) is 64.8 Å². The highest BCUT2D eigenvalue weighted by Gasteiger charge is 2.42. The summed E-state index contributed by atoms with van der Waals surface area (Å²) in [6.07, 6.45) is 3.54. The third-order valence-electron chi connectivity index (χ3n) is 7.07. The SMILES string of the molecule is COc1ccc(CNc2nc(N3CCC[C@H]3COC(=O)CC(O)(CC(=O)O)C(=O)O)ncc2C(=O)NCc2ncccn2)cc1Cl. The van der Waals surface area contributed by atoms with Crippen LogP contribution in [0.2, 0.25) is 5.02 Å². The molecule has 46 heavy (non-hydrogen) atoms. The standard InChI is InChI=1S/C29H32ClN7O9/c1-45-21-6-5-17(10-20(21)30)13-33-25-19(26(41)34-15-22-31-7-3-8-32-22)14-35-28(36-25)37-9-2-4-18(37)16-46-24(40)12-29(44,27(42)43)11-23(38)39/h3,5-8,10,14,18,44H,2,4,9,11-13,15-16H2,1H3,(H,34,41)(H,38,39)(H,42,43)(H,33,35,36)/t18-,29?/m0/s1. The number of benzene rings is 1. The van der Waals surface area contributed by atoms with E-state index in [1.807, 2.05) is 0 Å². The van der Waals surface area contributed by atoms with Crippen LogP contribution in [-0.4, -0.2) is 91.0 Å². The summed E-state index contributed by atoms with van der Waals surface area (Å²) in [4.78, 5) is 67.0. The first-order chi connectivity index (χ1) is 22.0. The summed E-state index contributed by atoms with van der Waals surface area (Å²) in [6.45, 7) is 0.603. The van der Waals surface area contributed by atoms with Gasteiger partial charge in [0.05, 0.1) is 37.6 Å². The second-order valence-corrected chi connectivity index (χ2v) is 10.8. The van der Waals surface area contributed by atoms with E-state index < -0.39 is 48.3 Å². The Morgan fingerprint density at radius 1 is 1.11 bits per heavy atom. The number of esters is 1. The van der Waals surface area contributed by atoms with Gasteiger partial charge in [-0.3, -0.25) is 14.4 Å². The van der Waals surface area contributed by atoms with Crippen LogP contribution in [-0.2, 0) is 32.2 Å². The summed E-state index contributed by atoms with van der Waals surface area (Å²) in [5, 5.41) is 34.7. The van der Waals surface area contributed by atoms with E-state index in [9.17, 15) is 29.4 Å². The molecule has 0 aliphatic carbocycles. The number of aliphatic hydroxyl groups is 1. The number of nitrogens with one attached hydrogen (secondary N) is 2. The summed E-state index contributed by atoms with van der Waals surface area (Å²) >= 11 is 6.28. The van der Waals surface area contributed by atoms with Crippen LogP contribution in [0.25, 0.3) is 0 Å². The molecule has 1 amide bonds. The normalized spacial score (nSPS) is 15.5. The number of methoxy groups -OCH3 is 1. The van der Waals surface area contributed by atoms with Crippen LogP contribution in [0.15, 0.2) is 42.9 Å². The molecule has 16 nitrogen and oxygen atoms in total. The van der Waals surface area contributed by atoms with Crippen LogP contribution >= 0.6 is 11.6 Å². The van der Waals surface area contributed by atoms with E-state index in [0.29, 0.717) is 36.0 Å². The first kappa shape index (κ1) is 33.8. The van der Waals surface area contributed by atoms with Crippen molar-refractivity contribution in [3.63, 3.8) is 0 Å². The van der Waals surface area contributed by atoms with Gasteiger partial charge in [0.1, 0.15) is 29.6 Å². The fraction of sp³-hybridized carbons (Fsp3) is 0.379. The summed E-state index contributed by atoms with van der Waals surface area (Å²) in [5.41, 5.74) is -1.88. The molecule has 5 N–H and O–H groups in total. The van der Waals surface area contributed by atoms with Crippen molar-refractivity contribution in [3.8, 4) is 5.75 Å². The fourth-order valence-corrected chi connectivity index (χ4v) is 4.99. The van der Waals surface area contributed by atoms with Gasteiger partial charge in [-0.2, -0.15) is 4.98 Å². The van der Waals surface area contributed by atoms with Crippen molar-refractivity contribution in [2.24, 2.45) is 0 Å². The second-order valence-electron chi connectivity index (χ2n) is 10.4. The van der Waals surface area contributed by atoms with Gasteiger partial charge in [0.15, 0.2) is 5.60 Å². The lowest BCUT2D eigenvalue weighted by Gasteiger charge is -2.26. The van der Waals surface area contributed by atoms with Gasteiger partial charge in [-0.05, 0) is 36.6 Å². The van der Waals surface area contributed by atoms with Gasteiger partial charge in [-0.25, -0.2) is 19.7 Å². The average molecular weight is 658 g/mol. The van der Waals surface area contributed by atoms with Crippen molar-refractivity contribution in [2.45, 2.75) is 50.4 Å². The number of rotatable bonds is 15. The molecule has 1 aliphatic rings. The number of hydrogen-bond donors (Lipinski definition) is 5. The Kier molecular flexibility index (Phi) is 11.2. The number of hydrogen-bond acceptors (Lipinski definition) is 13. The third kappa shape index (κ3) is 8.76. The lowest BCUT2D eigenvalue weighted by molar-refractivity contribution is -0.172. The van der Waals surface area contributed by atoms with Crippen molar-refractivity contribution in [1.82, 2.24) is 25.3 Å². The molecule has 2 aromatic heterocycles. The molecular weight excluding hydrogens is 626 g/mol. The first-order valence-corrected chi connectivity index (χ1v) is 14.4. The molecule has 0 spiro atoms. The first-order valence-electron chi connectivity index (χ1n) is 14.1. The molecule has 244 valence electrons. The van der Waals surface area contributed by atoms with Crippen LogP contribution in [0.4, 0.5) is 11.8 Å². The zero-order valence-corrected chi connectivity index (χ0v) is 25.4. The van der Waals surface area contributed by atoms with Gasteiger partial charge >= 0.3 is 17.9 Å². The minimum Gasteiger partial charge on any atom is -0.495 e. The molecule has 3 heterocycles. The van der Waals surface area contributed by atoms with Crippen LogP contribution in [0.3, 0.4) is 0 Å². The number of amides is 1. The quantitative estimate of drug-likeness (QED) is 0.146. The van der Waals surface area contributed by atoms with Crippen molar-refractivity contribution >= 4 is 47.2 Å². The molecule has 1 saturated heterocycles. The molecule has 1 unspecified atom stereocenters. The number of aliphatic carboxylic acids is 2. The summed E-state index contributed by atoms with van der Waals surface area (Å²) in [5.74, 6) is -3.61. The number of carbonyl (C=O) groups excluding carboxylic acids is 2. The highest BCUT2D eigenvalue weighted by atomic mass is 35.5. The summed E-state index contributed by atoms with van der Waals surface area (Å²) in [6, 6.07) is 6.48. The third-order valence-corrected chi connectivity index (χ3v) is 7.37. The molecule has 1 aliphatic heterocycles. The second kappa shape index (κ2) is 15.3. The predicted molar refractivity (Wildman–Crippen MR) is 161 cm³/mol. The Bertz CT molecular complexity index is 1580. The number of aromatic nitrogens is 4. The Hall–Kier alpha value is -5.09. The van der Waals surface area contributed by atoms with Crippen molar-refractivity contribution < 1.29 is 44.0 Å². The predicted octanol–water partition coefficient (Wildman–Crippen LogP) is 1.66. The van der Waals surface area contributed by atoms with Crippen LogP contribution in [0.1, 0.15) is 47.4 Å². The van der Waals surface area contributed by atoms with E-state index in [2.05, 4.69) is 30.6 Å². The highest BCUT2D eigenvalue weighted by Crippen LogP contribution is 2.28. The van der Waals surface area contributed by atoms with E-state index in [-0.39, 0.29) is 37.0 Å². The summed E-state index contributed by atoms with van der Waals surface area (Å²) < 4.78 is 10.4. The monoisotopic (exact) mass is 657 g/mol.